The number of carbonyl (C=O) groups is 2. The molecule has 0 radical (unpaired) electrons. The number of nitrogens with one attached hydrogen (secondary N) is 1. The van der Waals surface area contributed by atoms with Crippen LogP contribution in [0.15, 0.2) is 42.5 Å². The van der Waals surface area contributed by atoms with Crippen LogP contribution in [0, 0.1) is 6.92 Å². The molecule has 2 aromatic rings. The third-order valence-corrected chi connectivity index (χ3v) is 4.13. The standard InChI is InChI=1S/C17H15ClN2O3/c1-11-14(18)3-2-4-15(11)19-16(21)12-5-7-13(8-6-12)20-9-10-23-17(20)22/h2-8H,9-10H2,1H3,(H,19,21). The zero-order valence-corrected chi connectivity index (χ0v) is 13.3. The Balaban J connectivity index is 1.75. The smallest absolute Gasteiger partial charge is 0.414 e. The minimum atomic E-state index is -0.364. The molecule has 0 unspecified atom stereocenters. The molecule has 1 aliphatic rings. The number of amides is 2. The number of rotatable bonds is 3. The van der Waals surface area contributed by atoms with Gasteiger partial charge in [0.2, 0.25) is 0 Å². The molecule has 1 N–H and O–H groups in total. The first kappa shape index (κ1) is 15.4. The predicted octanol–water partition coefficient (Wildman–Crippen LogP) is 3.86. The van der Waals surface area contributed by atoms with E-state index in [2.05, 4.69) is 5.32 Å². The van der Waals surface area contributed by atoms with Gasteiger partial charge in [-0.2, -0.15) is 0 Å². The highest BCUT2D eigenvalue weighted by Gasteiger charge is 2.23. The number of hydrogen-bond acceptors (Lipinski definition) is 3. The third kappa shape index (κ3) is 3.14. The summed E-state index contributed by atoms with van der Waals surface area (Å²) in [7, 11) is 0. The molecule has 1 saturated heterocycles. The monoisotopic (exact) mass is 330 g/mol. The molecule has 0 saturated carbocycles. The maximum absolute atomic E-state index is 12.3. The van der Waals surface area contributed by atoms with Crippen LogP contribution in [0.25, 0.3) is 0 Å². The van der Waals surface area contributed by atoms with Crippen LogP contribution in [0.4, 0.5) is 16.2 Å². The fourth-order valence-corrected chi connectivity index (χ4v) is 2.53. The maximum Gasteiger partial charge on any atom is 0.414 e. The Kier molecular flexibility index (Phi) is 4.21. The van der Waals surface area contributed by atoms with Crippen LogP contribution in [-0.2, 0) is 4.74 Å². The normalized spacial score (nSPS) is 13.8. The van der Waals surface area contributed by atoms with Gasteiger partial charge >= 0.3 is 6.09 Å². The molecule has 1 heterocycles. The number of carbonyl (C=O) groups excluding carboxylic acids is 2. The van der Waals surface area contributed by atoms with Crippen LogP contribution in [0.1, 0.15) is 15.9 Å². The van der Waals surface area contributed by atoms with Crippen molar-refractivity contribution in [2.45, 2.75) is 6.92 Å². The molecule has 118 valence electrons. The second-order valence-electron chi connectivity index (χ2n) is 5.18. The summed E-state index contributed by atoms with van der Waals surface area (Å²) in [5.74, 6) is -0.231. The van der Waals surface area contributed by atoms with Gasteiger partial charge in [0.25, 0.3) is 5.91 Å². The van der Waals surface area contributed by atoms with Gasteiger partial charge < -0.3 is 10.1 Å². The summed E-state index contributed by atoms with van der Waals surface area (Å²) in [4.78, 5) is 25.4. The lowest BCUT2D eigenvalue weighted by molar-refractivity contribution is 0.102. The van der Waals surface area contributed by atoms with Crippen molar-refractivity contribution in [3.05, 3.63) is 58.6 Å². The largest absolute Gasteiger partial charge is 0.447 e. The van der Waals surface area contributed by atoms with Crippen molar-refractivity contribution in [3.8, 4) is 0 Å². The summed E-state index contributed by atoms with van der Waals surface area (Å²) in [6, 6.07) is 12.2. The second-order valence-corrected chi connectivity index (χ2v) is 5.59. The van der Waals surface area contributed by atoms with Crippen LogP contribution >= 0.6 is 11.6 Å². The number of ether oxygens (including phenoxy) is 1. The van der Waals surface area contributed by atoms with E-state index in [4.69, 9.17) is 16.3 Å². The van der Waals surface area contributed by atoms with E-state index in [0.29, 0.717) is 35.1 Å². The topological polar surface area (TPSA) is 58.6 Å². The Labute approximate surface area is 138 Å². The molecule has 23 heavy (non-hydrogen) atoms. The second kappa shape index (κ2) is 6.30. The zero-order chi connectivity index (χ0) is 16.4. The highest BCUT2D eigenvalue weighted by Crippen LogP contribution is 2.24. The number of nitrogens with zero attached hydrogens (tertiary/aromatic N) is 1. The van der Waals surface area contributed by atoms with Crippen LogP contribution in [0.2, 0.25) is 5.02 Å². The summed E-state index contributed by atoms with van der Waals surface area (Å²) in [6.45, 7) is 2.75. The van der Waals surface area contributed by atoms with Crippen molar-refractivity contribution in [1.82, 2.24) is 0 Å². The van der Waals surface area contributed by atoms with Crippen molar-refractivity contribution in [3.63, 3.8) is 0 Å². The molecule has 5 nitrogen and oxygen atoms in total. The van der Waals surface area contributed by atoms with E-state index in [1.165, 1.54) is 4.90 Å². The predicted molar refractivity (Wildman–Crippen MR) is 89.3 cm³/mol. The van der Waals surface area contributed by atoms with Gasteiger partial charge in [0.15, 0.2) is 0 Å². The van der Waals surface area contributed by atoms with E-state index >= 15 is 0 Å². The number of cyclic esters (lactones) is 1. The van der Waals surface area contributed by atoms with Gasteiger partial charge in [-0.15, -0.1) is 0 Å². The molecule has 0 atom stereocenters. The summed E-state index contributed by atoms with van der Waals surface area (Å²) >= 11 is 6.05. The molecule has 0 spiro atoms. The minimum Gasteiger partial charge on any atom is -0.447 e. The van der Waals surface area contributed by atoms with E-state index in [9.17, 15) is 9.59 Å². The van der Waals surface area contributed by atoms with Crippen LogP contribution in [-0.4, -0.2) is 25.2 Å². The van der Waals surface area contributed by atoms with Crippen molar-refractivity contribution in [1.29, 1.82) is 0 Å². The molecule has 0 aliphatic carbocycles. The molecular formula is C17H15ClN2O3. The van der Waals surface area contributed by atoms with Crippen molar-refractivity contribution >= 4 is 35.0 Å². The van der Waals surface area contributed by atoms with E-state index in [0.717, 1.165) is 5.56 Å². The lowest BCUT2D eigenvalue weighted by Gasteiger charge is -2.13. The van der Waals surface area contributed by atoms with E-state index in [-0.39, 0.29) is 12.0 Å². The Morgan fingerprint density at radius 1 is 1.22 bits per heavy atom. The molecule has 1 aliphatic heterocycles. The van der Waals surface area contributed by atoms with Crippen molar-refractivity contribution in [2.75, 3.05) is 23.4 Å². The number of anilines is 2. The summed E-state index contributed by atoms with van der Waals surface area (Å²) in [5.41, 5.74) is 2.71. The summed E-state index contributed by atoms with van der Waals surface area (Å²) in [6.07, 6.45) is -0.364. The Morgan fingerprint density at radius 2 is 1.96 bits per heavy atom. The highest BCUT2D eigenvalue weighted by molar-refractivity contribution is 6.31. The lowest BCUT2D eigenvalue weighted by atomic mass is 10.1. The zero-order valence-electron chi connectivity index (χ0n) is 12.5. The molecule has 1 fully saturated rings. The molecule has 2 amide bonds. The molecule has 0 bridgehead atoms. The van der Waals surface area contributed by atoms with Gasteiger partial charge in [-0.3, -0.25) is 9.69 Å². The molecule has 6 heteroatoms. The minimum absolute atomic E-state index is 0.231. The summed E-state index contributed by atoms with van der Waals surface area (Å²) in [5, 5.41) is 3.44. The van der Waals surface area contributed by atoms with Crippen molar-refractivity contribution < 1.29 is 14.3 Å². The number of hydrogen-bond donors (Lipinski definition) is 1. The van der Waals surface area contributed by atoms with E-state index in [1.54, 1.807) is 42.5 Å². The van der Waals surface area contributed by atoms with Gasteiger partial charge in [-0.05, 0) is 48.9 Å². The average Bonchev–Trinajstić information content (AvgIpc) is 2.98. The number of benzene rings is 2. The molecule has 3 rings (SSSR count). The highest BCUT2D eigenvalue weighted by atomic mass is 35.5. The fourth-order valence-electron chi connectivity index (χ4n) is 2.36. The molecule has 2 aromatic carbocycles. The first-order valence-electron chi connectivity index (χ1n) is 7.17. The first-order chi connectivity index (χ1) is 11.1. The van der Waals surface area contributed by atoms with Gasteiger partial charge in [0.1, 0.15) is 6.61 Å². The lowest BCUT2D eigenvalue weighted by Crippen LogP contribution is -2.23. The van der Waals surface area contributed by atoms with Gasteiger partial charge in [-0.25, -0.2) is 4.79 Å². The summed E-state index contributed by atoms with van der Waals surface area (Å²) < 4.78 is 4.90. The SMILES string of the molecule is Cc1c(Cl)cccc1NC(=O)c1ccc(N2CCOC2=O)cc1. The first-order valence-corrected chi connectivity index (χ1v) is 7.55. The van der Waals surface area contributed by atoms with Gasteiger partial charge in [-0.1, -0.05) is 17.7 Å². The number of halogens is 1. The average molecular weight is 331 g/mol. The van der Waals surface area contributed by atoms with Crippen molar-refractivity contribution in [2.24, 2.45) is 0 Å². The molecular weight excluding hydrogens is 316 g/mol. The molecule has 0 aromatic heterocycles. The van der Waals surface area contributed by atoms with E-state index in [1.807, 2.05) is 6.92 Å². The fraction of sp³-hybridized carbons (Fsp3) is 0.176. The van der Waals surface area contributed by atoms with Crippen LogP contribution in [0.5, 0.6) is 0 Å². The van der Waals surface area contributed by atoms with Gasteiger partial charge in [0, 0.05) is 22.0 Å². The van der Waals surface area contributed by atoms with Crippen LogP contribution in [0.3, 0.4) is 0 Å². The Morgan fingerprint density at radius 3 is 2.61 bits per heavy atom. The Bertz CT molecular complexity index is 759. The maximum atomic E-state index is 12.3. The van der Waals surface area contributed by atoms with Crippen LogP contribution < -0.4 is 10.2 Å². The quantitative estimate of drug-likeness (QED) is 0.929. The van der Waals surface area contributed by atoms with E-state index < -0.39 is 0 Å². The van der Waals surface area contributed by atoms with Gasteiger partial charge in [0.05, 0.1) is 6.54 Å². The Hall–Kier alpha value is -2.53. The third-order valence-electron chi connectivity index (χ3n) is 3.72.